The van der Waals surface area contributed by atoms with Crippen LogP contribution >= 0.6 is 27.5 Å². The maximum Gasteiger partial charge on any atom is 0.411 e. The van der Waals surface area contributed by atoms with E-state index in [9.17, 15) is 31.5 Å². The van der Waals surface area contributed by atoms with Crippen LogP contribution < -0.4 is 23.7 Å². The van der Waals surface area contributed by atoms with E-state index in [4.69, 9.17) is 40.0 Å². The number of ether oxygens (including phenoxy) is 6. The van der Waals surface area contributed by atoms with E-state index >= 15 is 0 Å². The molecule has 1 aliphatic rings. The van der Waals surface area contributed by atoms with E-state index in [1.807, 2.05) is 84.9 Å². The van der Waals surface area contributed by atoms with Crippen molar-refractivity contribution in [3.63, 3.8) is 0 Å². The lowest BCUT2D eigenvalue weighted by Gasteiger charge is -2.23. The monoisotopic (exact) mass is 1310 g/mol. The molecule has 89 heavy (non-hydrogen) atoms. The molecule has 0 N–H and O–H groups in total. The Hall–Kier alpha value is -7.88. The summed E-state index contributed by atoms with van der Waals surface area (Å²) in [5, 5.41) is 0. The molecule has 0 bridgehead atoms. The molecule has 0 saturated carbocycles. The molecule has 8 aromatic carbocycles. The molecule has 2 atom stereocenters. The summed E-state index contributed by atoms with van der Waals surface area (Å²) in [5.74, 6) is 1.22. The zero-order chi connectivity index (χ0) is 65.8. The van der Waals surface area contributed by atoms with E-state index in [2.05, 4.69) is 60.1 Å². The average molecular weight is 1310 g/mol. The Morgan fingerprint density at radius 3 is 1.37 bits per heavy atom. The summed E-state index contributed by atoms with van der Waals surface area (Å²) < 4.78 is 99.4. The van der Waals surface area contributed by atoms with Gasteiger partial charge in [-0.05, 0) is 170 Å². The maximum atomic E-state index is 14.4. The summed E-state index contributed by atoms with van der Waals surface area (Å²) in [6.45, 7) is 19.6. The van der Waals surface area contributed by atoms with Crippen molar-refractivity contribution in [2.45, 2.75) is 119 Å². The highest BCUT2D eigenvalue weighted by molar-refractivity contribution is 9.10. The molecule has 1 heterocycles. The number of nitrogens with zero attached hydrogens (tertiary/aromatic N) is 1. The van der Waals surface area contributed by atoms with Crippen molar-refractivity contribution in [1.29, 1.82) is 0 Å². The molecule has 1 aliphatic heterocycles. The second-order valence-corrected chi connectivity index (χ2v) is 22.3. The molecule has 0 unspecified atom stereocenters. The van der Waals surface area contributed by atoms with Crippen LogP contribution in [0.15, 0.2) is 132 Å². The Balaban J connectivity index is 0.000000222. The smallest absolute Gasteiger partial charge is 0.411 e. The van der Waals surface area contributed by atoms with Crippen molar-refractivity contribution in [2.24, 2.45) is 0 Å². The lowest BCUT2D eigenvalue weighted by Crippen LogP contribution is -2.31. The average Bonchev–Trinajstić information content (AvgIpc) is 2.08. The first kappa shape index (κ1) is 71.9. The van der Waals surface area contributed by atoms with Crippen LogP contribution in [0.5, 0.6) is 28.7 Å². The van der Waals surface area contributed by atoms with Gasteiger partial charge in [0.25, 0.3) is 0 Å². The molecular formula is C73H80BrClF5NO8. The minimum atomic E-state index is -0.540. The van der Waals surface area contributed by atoms with Crippen molar-refractivity contribution >= 4 is 39.4 Å². The fraction of sp³-hybridized carbons (Fsp3) is 0.315. The van der Waals surface area contributed by atoms with Gasteiger partial charge in [0.2, 0.25) is 0 Å². The van der Waals surface area contributed by atoms with Crippen LogP contribution in [0.4, 0.5) is 26.7 Å². The maximum absolute atomic E-state index is 14.4. The number of carbonyl (C=O) groups is 2. The van der Waals surface area contributed by atoms with Crippen LogP contribution in [0, 0.1) is 56.8 Å². The van der Waals surface area contributed by atoms with Crippen molar-refractivity contribution in [2.75, 3.05) is 35.5 Å². The lowest BCUT2D eigenvalue weighted by atomic mass is 9.94. The molecule has 0 radical (unpaired) electrons. The van der Waals surface area contributed by atoms with Gasteiger partial charge < -0.3 is 28.4 Å². The number of rotatable bonds is 16. The van der Waals surface area contributed by atoms with Gasteiger partial charge in [-0.25, -0.2) is 26.7 Å². The van der Waals surface area contributed by atoms with E-state index in [1.165, 1.54) is 64.7 Å². The van der Waals surface area contributed by atoms with Crippen LogP contribution in [-0.2, 0) is 42.8 Å². The molecule has 9 rings (SSSR count). The zero-order valence-corrected chi connectivity index (χ0v) is 55.7. The Labute approximate surface area is 535 Å². The fourth-order valence-electron chi connectivity index (χ4n) is 10.1. The highest BCUT2D eigenvalue weighted by Gasteiger charge is 2.40. The number of methoxy groups -OCH3 is 5. The molecule has 8 aromatic rings. The summed E-state index contributed by atoms with van der Waals surface area (Å²) in [6.07, 6.45) is 1.97. The Kier molecular flexibility index (Phi) is 27.6. The normalized spacial score (nSPS) is 13.0. The number of cyclic esters (lactones) is 1. The number of carbonyl (C=O) groups excluding carboxylic acids is 2. The third-order valence-corrected chi connectivity index (χ3v) is 15.9. The third-order valence-electron chi connectivity index (χ3n) is 14.9. The topological polar surface area (TPSA) is 92.8 Å². The summed E-state index contributed by atoms with van der Waals surface area (Å²) in [4.78, 5) is 25.5. The first-order valence-electron chi connectivity index (χ1n) is 29.2. The second-order valence-electron chi connectivity index (χ2n) is 21.2. The van der Waals surface area contributed by atoms with E-state index < -0.39 is 5.82 Å². The predicted molar refractivity (Wildman–Crippen MR) is 350 cm³/mol. The number of halogens is 7. The molecule has 9 nitrogen and oxygen atoms in total. The number of hydrogen-bond donors (Lipinski definition) is 0. The number of aryl methyl sites for hydroxylation is 8. The summed E-state index contributed by atoms with van der Waals surface area (Å²) >= 11 is 9.33. The van der Waals surface area contributed by atoms with Gasteiger partial charge in [0.15, 0.2) is 5.78 Å². The Bertz CT molecular complexity index is 3680. The van der Waals surface area contributed by atoms with Crippen LogP contribution in [0.1, 0.15) is 119 Å². The number of alkyl halides is 1. The minimum Gasteiger partial charge on any atom is -0.497 e. The summed E-state index contributed by atoms with van der Waals surface area (Å²) in [5.41, 5.74) is 14.0. The number of ketones is 1. The molecule has 0 aliphatic carbocycles. The fourth-order valence-corrected chi connectivity index (χ4v) is 10.9. The van der Waals surface area contributed by atoms with E-state index in [-0.39, 0.29) is 52.9 Å². The van der Waals surface area contributed by atoms with Gasteiger partial charge in [-0.2, -0.15) is 0 Å². The van der Waals surface area contributed by atoms with Crippen molar-refractivity contribution in [3.8, 4) is 51.0 Å². The molecule has 1 amide bonds. The van der Waals surface area contributed by atoms with Crippen LogP contribution in [-0.4, -0.2) is 58.4 Å². The Morgan fingerprint density at radius 1 is 0.494 bits per heavy atom. The SMILES string of the molecule is CCc1cc(-c2ccc(C)cc2CCl)c(OC)cc1F.CCc1cc(-c2ccc(C)cc2CN2C(=O)O[C@H](c3cc(C)cc(C)c3)[C@@H]2C)c(OC)cc1F.CCc1cc(Br)c(OC)cc1F.CCc1ccc(OC)cc1F.COc1ccc(C(C)=O)c(F)c1. The standard InChI is InChI=1S/C29H32FNO3.C17H18ClFO.C9H10BrFO.C9H9FO2.C9H11FO/c1-7-21-14-25(27(33-6)15-26(21)30)24-9-8-17(2)11-23(24)16-31-20(5)28(34-29(31)32)22-12-18(3)10-19(4)13-22;1-4-12-8-15(17(20-3)9-16(12)19)14-6-5-11(2)7-13(14)10-18;1-3-6-4-7(10)9(12-2)5-8(6)11;1-6(11)8-4-3-7(12-2)5-9(8)10;1-3-7-4-5-8(11-2)6-9(7)10/h8-15,20,28H,7,16H2,1-6H3;5-9H,4,10H2,1-3H3;4-5H,3H2,1-2H3;3-5H,1-2H3;4-6H,3H2,1-2H3/t20-,28-;;;;/m0..../s1. The first-order chi connectivity index (χ1) is 42.4. The van der Waals surface area contributed by atoms with Crippen molar-refractivity contribution < 1.29 is 60.0 Å². The van der Waals surface area contributed by atoms with E-state index in [0.29, 0.717) is 77.1 Å². The van der Waals surface area contributed by atoms with E-state index in [0.717, 1.165) is 77.7 Å². The minimum absolute atomic E-state index is 0.0933. The predicted octanol–water partition coefficient (Wildman–Crippen LogP) is 19.8. The van der Waals surface area contributed by atoms with Gasteiger partial charge >= 0.3 is 6.09 Å². The summed E-state index contributed by atoms with van der Waals surface area (Å²) in [7, 11) is 7.60. The molecule has 474 valence electrons. The third kappa shape index (κ3) is 19.1. The van der Waals surface area contributed by atoms with Crippen LogP contribution in [0.2, 0.25) is 0 Å². The zero-order valence-electron chi connectivity index (χ0n) is 53.4. The second kappa shape index (κ2) is 34.2. The van der Waals surface area contributed by atoms with Crippen LogP contribution in [0.25, 0.3) is 22.3 Å². The summed E-state index contributed by atoms with van der Waals surface area (Å²) in [6, 6.07) is 37.2. The molecule has 16 heteroatoms. The first-order valence-corrected chi connectivity index (χ1v) is 30.5. The molecule has 0 aromatic heterocycles. The van der Waals surface area contributed by atoms with Gasteiger partial charge in [-0.1, -0.05) is 111 Å². The van der Waals surface area contributed by atoms with Crippen molar-refractivity contribution in [1.82, 2.24) is 4.90 Å². The lowest BCUT2D eigenvalue weighted by molar-refractivity contribution is 0.101. The molecule has 1 saturated heterocycles. The van der Waals surface area contributed by atoms with Gasteiger partial charge in [0.05, 0.1) is 58.2 Å². The number of amides is 1. The number of benzene rings is 8. The van der Waals surface area contributed by atoms with Crippen molar-refractivity contribution in [3.05, 3.63) is 228 Å². The van der Waals surface area contributed by atoms with Gasteiger partial charge in [0, 0.05) is 47.3 Å². The van der Waals surface area contributed by atoms with Gasteiger partial charge in [0.1, 0.15) is 63.9 Å². The highest BCUT2D eigenvalue weighted by atomic mass is 79.9. The largest absolute Gasteiger partial charge is 0.497 e. The van der Waals surface area contributed by atoms with E-state index in [1.54, 1.807) is 43.4 Å². The molecular weight excluding hydrogens is 1230 g/mol. The molecule has 0 spiro atoms. The Morgan fingerprint density at radius 2 is 0.933 bits per heavy atom. The number of Topliss-reactive ketones (excluding diaryl/α,β-unsaturated/α-hetero) is 1. The highest BCUT2D eigenvalue weighted by Crippen LogP contribution is 2.40. The number of hydrogen-bond acceptors (Lipinski definition) is 8. The van der Waals surface area contributed by atoms with Crippen LogP contribution in [0.3, 0.4) is 0 Å². The quantitative estimate of drug-likeness (QED) is 0.0537. The molecule has 1 fully saturated rings. The van der Waals surface area contributed by atoms with Gasteiger partial charge in [-0.3, -0.25) is 9.69 Å². The van der Waals surface area contributed by atoms with Gasteiger partial charge in [-0.15, -0.1) is 11.6 Å².